The summed E-state index contributed by atoms with van der Waals surface area (Å²) in [6.07, 6.45) is 46.0. The minimum absolute atomic E-state index is 0.316. The van der Waals surface area contributed by atoms with Gasteiger partial charge in [0, 0.05) is 0 Å². The second-order valence-electron chi connectivity index (χ2n) is 14.6. The first-order chi connectivity index (χ1) is 23.6. The van der Waals surface area contributed by atoms with Crippen LogP contribution in [0.2, 0.25) is 0 Å². The standard InChI is InChI=1S/C43H83NO4/c1-3-5-7-9-11-13-15-17-18-19-20-21-22-23-24-25-26-28-30-32-34-36-38-42(47)43(48)44-40(39-45)41(46)37-35-33-31-29-27-16-14-12-10-8-6-4-2/h20-21,23-24,40-42,45-47H,3-19,22,25-39H2,1-2H3,(H,44,48)/b21-20-,24-23-. The zero-order chi connectivity index (χ0) is 35.2. The molecule has 0 spiro atoms. The lowest BCUT2D eigenvalue weighted by Gasteiger charge is -2.23. The summed E-state index contributed by atoms with van der Waals surface area (Å²) >= 11 is 0. The van der Waals surface area contributed by atoms with Gasteiger partial charge in [-0.3, -0.25) is 4.79 Å². The zero-order valence-electron chi connectivity index (χ0n) is 32.1. The SMILES string of the molecule is CCCCCCCCCCC/C=C\C/C=C\CCCCCCCCC(O)C(=O)NC(CO)C(O)CCCCCCCCCCCCCC. The quantitative estimate of drug-likeness (QED) is 0.0387. The monoisotopic (exact) mass is 678 g/mol. The topological polar surface area (TPSA) is 89.8 Å². The summed E-state index contributed by atoms with van der Waals surface area (Å²) in [6.45, 7) is 4.22. The molecular formula is C43H83NO4. The van der Waals surface area contributed by atoms with Gasteiger partial charge in [-0.2, -0.15) is 0 Å². The molecule has 4 N–H and O–H groups in total. The molecule has 0 saturated heterocycles. The van der Waals surface area contributed by atoms with Crippen LogP contribution in [0.3, 0.4) is 0 Å². The van der Waals surface area contributed by atoms with Gasteiger partial charge in [0.15, 0.2) is 0 Å². The van der Waals surface area contributed by atoms with Crippen LogP contribution in [-0.4, -0.2) is 46.1 Å². The van der Waals surface area contributed by atoms with Crippen molar-refractivity contribution in [3.63, 3.8) is 0 Å². The fraction of sp³-hybridized carbons (Fsp3) is 0.884. The van der Waals surface area contributed by atoms with E-state index in [0.717, 1.165) is 44.9 Å². The average Bonchev–Trinajstić information content (AvgIpc) is 3.09. The molecule has 0 rings (SSSR count). The molecule has 0 radical (unpaired) electrons. The number of aliphatic hydroxyl groups is 3. The minimum Gasteiger partial charge on any atom is -0.394 e. The van der Waals surface area contributed by atoms with Gasteiger partial charge in [-0.05, 0) is 44.9 Å². The van der Waals surface area contributed by atoms with Crippen LogP contribution >= 0.6 is 0 Å². The Kier molecular flexibility index (Phi) is 37.7. The van der Waals surface area contributed by atoms with E-state index < -0.39 is 24.2 Å². The molecule has 48 heavy (non-hydrogen) atoms. The van der Waals surface area contributed by atoms with Gasteiger partial charge in [-0.15, -0.1) is 0 Å². The van der Waals surface area contributed by atoms with E-state index in [9.17, 15) is 20.1 Å². The number of aliphatic hydroxyl groups excluding tert-OH is 3. The van der Waals surface area contributed by atoms with Gasteiger partial charge in [-0.25, -0.2) is 0 Å². The molecule has 1 amide bonds. The fourth-order valence-electron chi connectivity index (χ4n) is 6.46. The summed E-state index contributed by atoms with van der Waals surface area (Å²) in [6, 6.07) is -0.713. The Balaban J connectivity index is 3.65. The van der Waals surface area contributed by atoms with Crippen molar-refractivity contribution in [1.29, 1.82) is 0 Å². The van der Waals surface area contributed by atoms with Gasteiger partial charge in [0.2, 0.25) is 5.91 Å². The van der Waals surface area contributed by atoms with Crippen molar-refractivity contribution in [1.82, 2.24) is 5.32 Å². The molecule has 0 bridgehead atoms. The molecule has 284 valence electrons. The van der Waals surface area contributed by atoms with E-state index in [-0.39, 0.29) is 6.61 Å². The Hall–Kier alpha value is -1.17. The Morgan fingerprint density at radius 2 is 0.854 bits per heavy atom. The average molecular weight is 678 g/mol. The van der Waals surface area contributed by atoms with Crippen molar-refractivity contribution in [2.75, 3.05) is 6.61 Å². The maximum Gasteiger partial charge on any atom is 0.249 e. The van der Waals surface area contributed by atoms with Gasteiger partial charge >= 0.3 is 0 Å². The van der Waals surface area contributed by atoms with E-state index in [1.54, 1.807) is 0 Å². The maximum absolute atomic E-state index is 12.4. The second kappa shape index (κ2) is 38.6. The smallest absolute Gasteiger partial charge is 0.249 e. The van der Waals surface area contributed by atoms with E-state index in [1.807, 2.05) is 0 Å². The summed E-state index contributed by atoms with van der Waals surface area (Å²) in [4.78, 5) is 12.4. The summed E-state index contributed by atoms with van der Waals surface area (Å²) in [5, 5.41) is 33.2. The number of carbonyl (C=O) groups is 1. The van der Waals surface area contributed by atoms with Crippen LogP contribution in [0, 0.1) is 0 Å². The molecular weight excluding hydrogens is 594 g/mol. The lowest BCUT2D eigenvalue weighted by atomic mass is 10.0. The highest BCUT2D eigenvalue weighted by Crippen LogP contribution is 2.15. The number of allylic oxidation sites excluding steroid dienone is 4. The van der Waals surface area contributed by atoms with Gasteiger partial charge in [-0.1, -0.05) is 199 Å². The van der Waals surface area contributed by atoms with Gasteiger partial charge < -0.3 is 20.6 Å². The summed E-state index contributed by atoms with van der Waals surface area (Å²) in [5.41, 5.74) is 0. The normalized spacial score (nSPS) is 13.9. The van der Waals surface area contributed by atoms with Gasteiger partial charge in [0.05, 0.1) is 18.8 Å². The van der Waals surface area contributed by atoms with Crippen molar-refractivity contribution < 1.29 is 20.1 Å². The van der Waals surface area contributed by atoms with Crippen LogP contribution < -0.4 is 5.32 Å². The highest BCUT2D eigenvalue weighted by Gasteiger charge is 2.23. The van der Waals surface area contributed by atoms with Crippen LogP contribution in [0.5, 0.6) is 0 Å². The lowest BCUT2D eigenvalue weighted by Crippen LogP contribution is -2.49. The third kappa shape index (κ3) is 33.3. The van der Waals surface area contributed by atoms with E-state index in [1.165, 1.54) is 148 Å². The molecule has 0 aliphatic rings. The number of amides is 1. The lowest BCUT2D eigenvalue weighted by molar-refractivity contribution is -0.131. The first-order valence-electron chi connectivity index (χ1n) is 21.1. The van der Waals surface area contributed by atoms with Crippen molar-refractivity contribution in [3.05, 3.63) is 24.3 Å². The first-order valence-corrected chi connectivity index (χ1v) is 21.1. The summed E-state index contributed by atoms with van der Waals surface area (Å²) in [5.74, 6) is -0.479. The first kappa shape index (κ1) is 46.8. The summed E-state index contributed by atoms with van der Waals surface area (Å²) in [7, 11) is 0. The molecule has 0 saturated carbocycles. The Bertz CT molecular complexity index is 709. The molecule has 0 aromatic rings. The third-order valence-electron chi connectivity index (χ3n) is 9.82. The zero-order valence-corrected chi connectivity index (χ0v) is 32.1. The van der Waals surface area contributed by atoms with Crippen LogP contribution in [0.15, 0.2) is 24.3 Å². The molecule has 5 nitrogen and oxygen atoms in total. The maximum atomic E-state index is 12.4. The van der Waals surface area contributed by atoms with Crippen LogP contribution in [0.25, 0.3) is 0 Å². The largest absolute Gasteiger partial charge is 0.394 e. The van der Waals surface area contributed by atoms with E-state index in [2.05, 4.69) is 43.5 Å². The van der Waals surface area contributed by atoms with Crippen molar-refractivity contribution in [3.8, 4) is 0 Å². The minimum atomic E-state index is -1.08. The molecule has 3 atom stereocenters. The molecule has 0 fully saturated rings. The van der Waals surface area contributed by atoms with E-state index in [0.29, 0.717) is 12.8 Å². The van der Waals surface area contributed by atoms with Gasteiger partial charge in [0.25, 0.3) is 0 Å². The number of unbranched alkanes of at least 4 members (excludes halogenated alkanes) is 26. The van der Waals surface area contributed by atoms with E-state index >= 15 is 0 Å². The van der Waals surface area contributed by atoms with E-state index in [4.69, 9.17) is 0 Å². The van der Waals surface area contributed by atoms with Crippen molar-refractivity contribution >= 4 is 5.91 Å². The molecule has 0 aromatic heterocycles. The highest BCUT2D eigenvalue weighted by molar-refractivity contribution is 5.80. The summed E-state index contributed by atoms with van der Waals surface area (Å²) < 4.78 is 0. The number of hydrogen-bond donors (Lipinski definition) is 4. The molecule has 5 heteroatoms. The Labute approximate surface area is 299 Å². The van der Waals surface area contributed by atoms with Crippen LogP contribution in [-0.2, 0) is 4.79 Å². The predicted molar refractivity (Wildman–Crippen MR) is 208 cm³/mol. The molecule has 0 aromatic carbocycles. The molecule has 3 unspecified atom stereocenters. The van der Waals surface area contributed by atoms with Crippen LogP contribution in [0.4, 0.5) is 0 Å². The molecule has 0 heterocycles. The predicted octanol–water partition coefficient (Wildman–Crippen LogP) is 11.8. The number of carbonyl (C=O) groups excluding carboxylic acids is 1. The molecule has 0 aliphatic heterocycles. The van der Waals surface area contributed by atoms with Crippen molar-refractivity contribution in [2.24, 2.45) is 0 Å². The molecule has 0 aliphatic carbocycles. The number of hydrogen-bond acceptors (Lipinski definition) is 4. The fourth-order valence-corrected chi connectivity index (χ4v) is 6.46. The van der Waals surface area contributed by atoms with Gasteiger partial charge in [0.1, 0.15) is 6.10 Å². The Morgan fingerprint density at radius 3 is 1.25 bits per heavy atom. The highest BCUT2D eigenvalue weighted by atomic mass is 16.3. The third-order valence-corrected chi connectivity index (χ3v) is 9.82. The Morgan fingerprint density at radius 1 is 0.500 bits per heavy atom. The van der Waals surface area contributed by atoms with Crippen LogP contribution in [0.1, 0.15) is 219 Å². The number of rotatable bonds is 38. The number of nitrogens with one attached hydrogen (secondary N) is 1. The van der Waals surface area contributed by atoms with Crippen molar-refractivity contribution in [2.45, 2.75) is 238 Å². The second-order valence-corrected chi connectivity index (χ2v) is 14.6.